The van der Waals surface area contributed by atoms with Gasteiger partial charge in [0.05, 0.1) is 24.1 Å². The Bertz CT molecular complexity index is 1240. The number of nitrogens with zero attached hydrogens (tertiary/aromatic N) is 3. The van der Waals surface area contributed by atoms with Gasteiger partial charge in [-0.3, -0.25) is 9.59 Å². The minimum absolute atomic E-state index is 0.0296. The van der Waals surface area contributed by atoms with Gasteiger partial charge in [-0.05, 0) is 43.0 Å². The molecule has 6 heteroatoms. The highest BCUT2D eigenvalue weighted by atomic mass is 19.1. The Morgan fingerprint density at radius 1 is 0.865 bits per heavy atom. The first-order chi connectivity index (χ1) is 18.0. The number of anilines is 1. The summed E-state index contributed by atoms with van der Waals surface area (Å²) in [5, 5.41) is 0. The third-order valence-electron chi connectivity index (χ3n) is 7.66. The molecule has 0 N–H and O–H groups in total. The number of hydrogen-bond acceptors (Lipinski definition) is 3. The maximum absolute atomic E-state index is 14.2. The minimum Gasteiger partial charge on any atom is -0.366 e. The van der Waals surface area contributed by atoms with E-state index in [4.69, 9.17) is 0 Å². The van der Waals surface area contributed by atoms with Gasteiger partial charge in [-0.1, -0.05) is 72.3 Å². The zero-order valence-corrected chi connectivity index (χ0v) is 21.4. The van der Waals surface area contributed by atoms with Gasteiger partial charge in [0, 0.05) is 32.7 Å². The quantitative estimate of drug-likeness (QED) is 0.496. The van der Waals surface area contributed by atoms with E-state index in [1.807, 2.05) is 57.2 Å². The maximum Gasteiger partial charge on any atom is 0.227 e. The van der Waals surface area contributed by atoms with Gasteiger partial charge in [0.15, 0.2) is 0 Å². The predicted octanol–water partition coefficient (Wildman–Crippen LogP) is 5.01. The Kier molecular flexibility index (Phi) is 7.54. The van der Waals surface area contributed by atoms with Gasteiger partial charge in [-0.2, -0.15) is 0 Å². The number of amides is 2. The largest absolute Gasteiger partial charge is 0.366 e. The van der Waals surface area contributed by atoms with E-state index in [1.165, 1.54) is 11.6 Å². The standard InChI is InChI=1S/C31H34FN3O2/c1-23-8-7-11-25(20-23)28-15-14-26(22-35(28)30(36)21-24-9-3-2-4-10-24)31(37)34-18-16-33(17-19-34)29-13-6-5-12-27(29)32/h2-13,20,26,28H,14-19,21-22H2,1H3/t26-,28+/m0/s1. The van der Waals surface area contributed by atoms with Crippen molar-refractivity contribution in [1.29, 1.82) is 0 Å². The average Bonchev–Trinajstić information content (AvgIpc) is 2.93. The topological polar surface area (TPSA) is 43.9 Å². The fourth-order valence-electron chi connectivity index (χ4n) is 5.68. The molecule has 5 nitrogen and oxygen atoms in total. The molecule has 0 spiro atoms. The van der Waals surface area contributed by atoms with Crippen LogP contribution in [-0.2, 0) is 16.0 Å². The van der Waals surface area contributed by atoms with E-state index < -0.39 is 0 Å². The second kappa shape index (κ2) is 11.2. The molecule has 3 aromatic rings. The molecule has 2 aliphatic heterocycles. The summed E-state index contributed by atoms with van der Waals surface area (Å²) in [5.74, 6) is -0.293. The molecular formula is C31H34FN3O2. The molecule has 0 radical (unpaired) electrons. The molecule has 2 amide bonds. The van der Waals surface area contributed by atoms with Crippen molar-refractivity contribution in [2.45, 2.75) is 32.2 Å². The van der Waals surface area contributed by atoms with Crippen LogP contribution in [-0.4, -0.2) is 54.3 Å². The Hall–Kier alpha value is -3.67. The maximum atomic E-state index is 14.2. The lowest BCUT2D eigenvalue weighted by Gasteiger charge is -2.43. The zero-order valence-electron chi connectivity index (χ0n) is 21.4. The molecule has 0 unspecified atom stereocenters. The predicted molar refractivity (Wildman–Crippen MR) is 144 cm³/mol. The highest BCUT2D eigenvalue weighted by molar-refractivity contribution is 5.83. The highest BCUT2D eigenvalue weighted by Gasteiger charge is 2.37. The van der Waals surface area contributed by atoms with E-state index in [9.17, 15) is 14.0 Å². The minimum atomic E-state index is -0.232. The Balaban J connectivity index is 1.29. The van der Waals surface area contributed by atoms with Gasteiger partial charge >= 0.3 is 0 Å². The van der Waals surface area contributed by atoms with Crippen molar-refractivity contribution in [3.8, 4) is 0 Å². The summed E-state index contributed by atoms with van der Waals surface area (Å²) in [7, 11) is 0. The summed E-state index contributed by atoms with van der Waals surface area (Å²) in [4.78, 5) is 33.0. The number of para-hydroxylation sites is 1. The molecule has 37 heavy (non-hydrogen) atoms. The molecule has 5 rings (SSSR count). The van der Waals surface area contributed by atoms with Gasteiger partial charge in [-0.15, -0.1) is 0 Å². The molecule has 2 saturated heterocycles. The summed E-state index contributed by atoms with van der Waals surface area (Å²) in [6, 6.07) is 24.9. The lowest BCUT2D eigenvalue weighted by atomic mass is 9.87. The molecular weight excluding hydrogens is 465 g/mol. The van der Waals surface area contributed by atoms with Gasteiger partial charge in [0.2, 0.25) is 11.8 Å². The van der Waals surface area contributed by atoms with Crippen molar-refractivity contribution in [3.63, 3.8) is 0 Å². The van der Waals surface area contributed by atoms with E-state index in [1.54, 1.807) is 12.1 Å². The number of carbonyl (C=O) groups excluding carboxylic acids is 2. The number of piperazine rings is 1. The summed E-state index contributed by atoms with van der Waals surface area (Å²) in [5.41, 5.74) is 3.86. The van der Waals surface area contributed by atoms with E-state index in [0.29, 0.717) is 44.8 Å². The van der Waals surface area contributed by atoms with Crippen LogP contribution in [0, 0.1) is 18.7 Å². The number of rotatable bonds is 5. The van der Waals surface area contributed by atoms with E-state index >= 15 is 0 Å². The SMILES string of the molecule is Cc1cccc([C@H]2CC[C@H](C(=O)N3CCN(c4ccccc4F)CC3)CN2C(=O)Cc2ccccc2)c1. The van der Waals surface area contributed by atoms with Crippen LogP contribution >= 0.6 is 0 Å². The summed E-state index contributed by atoms with van der Waals surface area (Å²) in [6.07, 6.45) is 1.83. The Morgan fingerprint density at radius 3 is 2.32 bits per heavy atom. The number of benzene rings is 3. The van der Waals surface area contributed by atoms with Crippen molar-refractivity contribution in [2.75, 3.05) is 37.6 Å². The molecule has 2 heterocycles. The number of piperidine rings is 1. The van der Waals surface area contributed by atoms with Crippen molar-refractivity contribution < 1.29 is 14.0 Å². The smallest absolute Gasteiger partial charge is 0.227 e. The molecule has 3 aromatic carbocycles. The van der Waals surface area contributed by atoms with Crippen LogP contribution in [0.1, 0.15) is 35.6 Å². The van der Waals surface area contributed by atoms with Crippen LogP contribution in [0.2, 0.25) is 0 Å². The highest BCUT2D eigenvalue weighted by Crippen LogP contribution is 2.35. The van der Waals surface area contributed by atoms with Crippen LogP contribution in [0.25, 0.3) is 0 Å². The fraction of sp³-hybridized carbons (Fsp3) is 0.355. The molecule has 0 aromatic heterocycles. The van der Waals surface area contributed by atoms with E-state index in [2.05, 4.69) is 25.1 Å². The Labute approximate surface area is 218 Å². The molecule has 2 atom stereocenters. The molecule has 0 aliphatic carbocycles. The number of halogens is 1. The number of aryl methyl sites for hydroxylation is 1. The van der Waals surface area contributed by atoms with Crippen molar-refractivity contribution in [2.24, 2.45) is 5.92 Å². The second-order valence-electron chi connectivity index (χ2n) is 10.2. The van der Waals surface area contributed by atoms with Crippen molar-refractivity contribution >= 4 is 17.5 Å². The van der Waals surface area contributed by atoms with Crippen molar-refractivity contribution in [3.05, 3.63) is 101 Å². The number of hydrogen-bond donors (Lipinski definition) is 0. The monoisotopic (exact) mass is 499 g/mol. The van der Waals surface area contributed by atoms with Crippen LogP contribution in [0.15, 0.2) is 78.9 Å². The van der Waals surface area contributed by atoms with E-state index in [0.717, 1.165) is 24.0 Å². The molecule has 192 valence electrons. The average molecular weight is 500 g/mol. The van der Waals surface area contributed by atoms with Crippen LogP contribution in [0.5, 0.6) is 0 Å². The molecule has 0 bridgehead atoms. The summed E-state index contributed by atoms with van der Waals surface area (Å²) < 4.78 is 14.2. The lowest BCUT2D eigenvalue weighted by Crippen LogP contribution is -2.53. The van der Waals surface area contributed by atoms with Gasteiger partial charge < -0.3 is 14.7 Å². The Morgan fingerprint density at radius 2 is 1.59 bits per heavy atom. The summed E-state index contributed by atoms with van der Waals surface area (Å²) >= 11 is 0. The third kappa shape index (κ3) is 5.68. The van der Waals surface area contributed by atoms with Crippen LogP contribution < -0.4 is 4.90 Å². The fourth-order valence-corrected chi connectivity index (χ4v) is 5.68. The normalized spacial score (nSPS) is 20.1. The van der Waals surface area contributed by atoms with Gasteiger partial charge in [-0.25, -0.2) is 4.39 Å². The van der Waals surface area contributed by atoms with Gasteiger partial charge in [0.25, 0.3) is 0 Å². The first-order valence-electron chi connectivity index (χ1n) is 13.2. The molecule has 2 fully saturated rings. The summed E-state index contributed by atoms with van der Waals surface area (Å²) in [6.45, 7) is 4.81. The third-order valence-corrected chi connectivity index (χ3v) is 7.66. The van der Waals surface area contributed by atoms with Crippen LogP contribution in [0.3, 0.4) is 0 Å². The lowest BCUT2D eigenvalue weighted by molar-refractivity contribution is -0.143. The van der Waals surface area contributed by atoms with E-state index in [-0.39, 0.29) is 29.6 Å². The first kappa shape index (κ1) is 25.0. The van der Waals surface area contributed by atoms with Crippen molar-refractivity contribution in [1.82, 2.24) is 9.80 Å². The zero-order chi connectivity index (χ0) is 25.8. The van der Waals surface area contributed by atoms with Crippen LogP contribution in [0.4, 0.5) is 10.1 Å². The molecule has 2 aliphatic rings. The molecule has 0 saturated carbocycles. The first-order valence-corrected chi connectivity index (χ1v) is 13.2. The number of carbonyl (C=O) groups is 2. The number of likely N-dealkylation sites (tertiary alicyclic amines) is 1. The van der Waals surface area contributed by atoms with Gasteiger partial charge in [0.1, 0.15) is 5.82 Å². The second-order valence-corrected chi connectivity index (χ2v) is 10.2.